The predicted octanol–water partition coefficient (Wildman–Crippen LogP) is 2.42. The van der Waals surface area contributed by atoms with E-state index in [9.17, 15) is 8.42 Å². The summed E-state index contributed by atoms with van der Waals surface area (Å²) in [5.74, 6) is -0.334. The summed E-state index contributed by atoms with van der Waals surface area (Å²) in [4.78, 5) is 15.1. The average Bonchev–Trinajstić information content (AvgIpc) is 2.83. The van der Waals surface area contributed by atoms with E-state index in [1.165, 1.54) is 48.5 Å². The molecule has 16 nitrogen and oxygen atoms in total. The third-order valence-electron chi connectivity index (χ3n) is 4.74. The molecule has 0 unspecified atom stereocenters. The van der Waals surface area contributed by atoms with Crippen LogP contribution in [-0.2, 0) is 9.84 Å². The molecular weight excluding hydrogens is 500 g/mol. The van der Waals surface area contributed by atoms with Crippen LogP contribution in [0.25, 0.3) is 0 Å². The fourth-order valence-corrected chi connectivity index (χ4v) is 4.22. The first-order valence-electron chi connectivity index (χ1n) is 10.2. The third kappa shape index (κ3) is 5.30. The molecule has 0 fully saturated rings. The lowest BCUT2D eigenvalue weighted by atomic mass is 10.3. The van der Waals surface area contributed by atoms with E-state index in [1.807, 2.05) is 0 Å². The van der Waals surface area contributed by atoms with Crippen molar-refractivity contribution in [2.75, 3.05) is 34.4 Å². The molecule has 188 valence electrons. The van der Waals surface area contributed by atoms with E-state index in [0.717, 1.165) is 0 Å². The zero-order valence-corrected chi connectivity index (χ0v) is 19.7. The number of nitrogen functional groups attached to an aromatic ring is 6. The Kier molecular flexibility index (Phi) is 6.44. The van der Waals surface area contributed by atoms with E-state index in [2.05, 4.69) is 40.4 Å². The van der Waals surface area contributed by atoms with Crippen molar-refractivity contribution < 1.29 is 8.42 Å². The van der Waals surface area contributed by atoms with Crippen molar-refractivity contribution in [2.24, 2.45) is 20.5 Å². The predicted molar refractivity (Wildman–Crippen MR) is 137 cm³/mol. The Morgan fingerprint density at radius 2 is 0.784 bits per heavy atom. The second-order valence-corrected chi connectivity index (χ2v) is 9.24. The highest BCUT2D eigenvalue weighted by molar-refractivity contribution is 7.91. The van der Waals surface area contributed by atoms with Gasteiger partial charge >= 0.3 is 0 Å². The van der Waals surface area contributed by atoms with Crippen LogP contribution >= 0.6 is 0 Å². The number of aromatic nitrogens is 4. The SMILES string of the molecule is Nc1nc(N)c(N=Nc2ccc(S(=O)(=O)c3ccc(N=Nc4c(N)nc(N)nc4N)cc3)cc2)c(N)n1. The monoisotopic (exact) mass is 520 g/mol. The number of sulfone groups is 1. The van der Waals surface area contributed by atoms with Crippen LogP contribution in [-0.4, -0.2) is 28.4 Å². The second-order valence-electron chi connectivity index (χ2n) is 7.29. The van der Waals surface area contributed by atoms with Gasteiger partial charge in [0.1, 0.15) is 0 Å². The molecule has 4 rings (SSSR count). The Balaban J connectivity index is 1.51. The topological polar surface area (TPSA) is 291 Å². The molecule has 0 radical (unpaired) electrons. The maximum atomic E-state index is 13.0. The quantitative estimate of drug-likeness (QED) is 0.200. The van der Waals surface area contributed by atoms with Crippen molar-refractivity contribution in [1.29, 1.82) is 0 Å². The molecule has 0 aliphatic carbocycles. The zero-order chi connectivity index (χ0) is 26.7. The maximum Gasteiger partial charge on any atom is 0.224 e. The van der Waals surface area contributed by atoms with Gasteiger partial charge in [0.05, 0.1) is 21.2 Å². The minimum atomic E-state index is -3.84. The van der Waals surface area contributed by atoms with Gasteiger partial charge in [0.25, 0.3) is 0 Å². The summed E-state index contributed by atoms with van der Waals surface area (Å²) in [6.07, 6.45) is 0. The summed E-state index contributed by atoms with van der Waals surface area (Å²) < 4.78 is 26.1. The molecule has 0 saturated heterocycles. The summed E-state index contributed by atoms with van der Waals surface area (Å²) >= 11 is 0. The van der Waals surface area contributed by atoms with Crippen molar-refractivity contribution in [3.8, 4) is 0 Å². The molecule has 37 heavy (non-hydrogen) atoms. The summed E-state index contributed by atoms with van der Waals surface area (Å²) in [7, 11) is -3.84. The minimum absolute atomic E-state index is 0.0373. The molecule has 2 aromatic carbocycles. The van der Waals surface area contributed by atoms with Crippen molar-refractivity contribution >= 4 is 67.8 Å². The van der Waals surface area contributed by atoms with E-state index in [1.54, 1.807) is 0 Å². The van der Waals surface area contributed by atoms with Gasteiger partial charge in [0, 0.05) is 0 Å². The molecule has 0 amide bonds. The largest absolute Gasteiger partial charge is 0.382 e. The van der Waals surface area contributed by atoms with E-state index in [0.29, 0.717) is 11.4 Å². The number of nitrogens with two attached hydrogens (primary N) is 6. The summed E-state index contributed by atoms with van der Waals surface area (Å²) in [5, 5.41) is 15.8. The van der Waals surface area contributed by atoms with E-state index < -0.39 is 9.84 Å². The van der Waals surface area contributed by atoms with E-state index in [-0.39, 0.29) is 56.3 Å². The van der Waals surface area contributed by atoms with Crippen molar-refractivity contribution in [1.82, 2.24) is 19.9 Å². The smallest absolute Gasteiger partial charge is 0.224 e. The van der Waals surface area contributed by atoms with E-state index in [4.69, 9.17) is 34.4 Å². The van der Waals surface area contributed by atoms with Gasteiger partial charge in [-0.15, -0.1) is 10.2 Å². The summed E-state index contributed by atoms with van der Waals surface area (Å²) in [6.45, 7) is 0. The van der Waals surface area contributed by atoms with Gasteiger partial charge < -0.3 is 34.4 Å². The fourth-order valence-electron chi connectivity index (χ4n) is 2.96. The number of hydrogen-bond donors (Lipinski definition) is 6. The highest BCUT2D eigenvalue weighted by atomic mass is 32.2. The molecule has 2 aromatic heterocycles. The van der Waals surface area contributed by atoms with Gasteiger partial charge in [-0.25, -0.2) is 8.42 Å². The second kappa shape index (κ2) is 9.66. The normalized spacial score (nSPS) is 11.9. The lowest BCUT2D eigenvalue weighted by Gasteiger charge is -2.06. The molecule has 0 aliphatic heterocycles. The first-order valence-corrected chi connectivity index (χ1v) is 11.7. The molecule has 0 bridgehead atoms. The number of azo groups is 2. The van der Waals surface area contributed by atoms with Gasteiger partial charge in [-0.05, 0) is 48.5 Å². The Labute approximate surface area is 209 Å². The van der Waals surface area contributed by atoms with Crippen molar-refractivity contribution in [2.45, 2.75) is 9.79 Å². The number of hydrogen-bond acceptors (Lipinski definition) is 16. The minimum Gasteiger partial charge on any atom is -0.382 e. The number of rotatable bonds is 6. The summed E-state index contributed by atoms with van der Waals surface area (Å²) in [6, 6.07) is 11.4. The average molecular weight is 521 g/mol. The van der Waals surface area contributed by atoms with Crippen molar-refractivity contribution in [3.05, 3.63) is 48.5 Å². The van der Waals surface area contributed by atoms with Gasteiger partial charge in [-0.3, -0.25) is 0 Å². The third-order valence-corrected chi connectivity index (χ3v) is 6.52. The van der Waals surface area contributed by atoms with Crippen LogP contribution in [0.4, 0.5) is 57.9 Å². The number of nitrogens with zero attached hydrogens (tertiary/aromatic N) is 8. The standard InChI is InChI=1S/C20H20N14O2S/c21-15-13(16(22)28-19(25)27-15)33-31-9-1-5-11(6-2-9)37(35,36)12-7-3-10(4-8-12)32-34-14-17(23)29-20(26)30-18(14)24/h1-8H,(H6,21,22,25,27,28)(H6,23,24,26,29,30). The van der Waals surface area contributed by atoms with Gasteiger partial charge in [0.15, 0.2) is 34.6 Å². The molecule has 2 heterocycles. The molecule has 4 aromatic rings. The Hall–Kier alpha value is -5.45. The van der Waals surface area contributed by atoms with Gasteiger partial charge in [-0.1, -0.05) is 0 Å². The highest BCUT2D eigenvalue weighted by Crippen LogP contribution is 2.31. The van der Waals surface area contributed by atoms with Crippen LogP contribution in [0.5, 0.6) is 0 Å². The Morgan fingerprint density at radius 1 is 0.486 bits per heavy atom. The van der Waals surface area contributed by atoms with Crippen LogP contribution in [0.15, 0.2) is 78.8 Å². The van der Waals surface area contributed by atoms with Crippen LogP contribution < -0.4 is 34.4 Å². The lowest BCUT2D eigenvalue weighted by Crippen LogP contribution is -2.03. The van der Waals surface area contributed by atoms with Crippen molar-refractivity contribution in [3.63, 3.8) is 0 Å². The first kappa shape index (κ1) is 24.7. The van der Waals surface area contributed by atoms with Crippen LogP contribution in [0.2, 0.25) is 0 Å². The Morgan fingerprint density at radius 3 is 1.08 bits per heavy atom. The molecule has 12 N–H and O–H groups in total. The van der Waals surface area contributed by atoms with Gasteiger partial charge in [0.2, 0.25) is 21.7 Å². The van der Waals surface area contributed by atoms with Crippen LogP contribution in [0.3, 0.4) is 0 Å². The summed E-state index contributed by atoms with van der Waals surface area (Å²) in [5.41, 5.74) is 34.6. The molecule has 0 aliphatic rings. The number of benzene rings is 2. The Bertz CT molecular complexity index is 1470. The van der Waals surface area contributed by atoms with E-state index >= 15 is 0 Å². The molecule has 0 atom stereocenters. The maximum absolute atomic E-state index is 13.0. The van der Waals surface area contributed by atoms with Gasteiger partial charge in [-0.2, -0.15) is 30.2 Å². The molecule has 0 spiro atoms. The van der Waals surface area contributed by atoms with Crippen LogP contribution in [0, 0.1) is 0 Å². The highest BCUT2D eigenvalue weighted by Gasteiger charge is 2.18. The molecule has 17 heteroatoms. The number of anilines is 6. The zero-order valence-electron chi connectivity index (χ0n) is 18.9. The lowest BCUT2D eigenvalue weighted by molar-refractivity contribution is 0.596. The molecule has 0 saturated carbocycles. The molecular formula is C20H20N14O2S. The fraction of sp³-hybridized carbons (Fsp3) is 0. The first-order chi connectivity index (χ1) is 17.5. The van der Waals surface area contributed by atoms with Crippen LogP contribution in [0.1, 0.15) is 0 Å².